The minimum absolute atomic E-state index is 0.0616. The van der Waals surface area contributed by atoms with E-state index in [1.165, 1.54) is 231 Å². The lowest BCUT2D eigenvalue weighted by Crippen LogP contribution is -2.30. The van der Waals surface area contributed by atoms with Crippen LogP contribution >= 0.6 is 0 Å². The SMILES string of the molecule is CCCCCCCCCCCCCCCCCCC(=O)O[C@@H](COC(=O)CCCCCCCCCCCCCC)COC(=O)CCCCCCCCCCCCCCCCCCC(C)C. The zero-order chi connectivity index (χ0) is 47.4. The Morgan fingerprint density at radius 2 is 0.508 bits per heavy atom. The molecule has 0 aliphatic heterocycles. The van der Waals surface area contributed by atoms with Gasteiger partial charge in [0.1, 0.15) is 13.2 Å². The molecule has 65 heavy (non-hydrogen) atoms. The molecule has 0 amide bonds. The molecule has 0 saturated heterocycles. The van der Waals surface area contributed by atoms with Crippen LogP contribution in [0.3, 0.4) is 0 Å². The van der Waals surface area contributed by atoms with Crippen molar-refractivity contribution in [3.8, 4) is 0 Å². The predicted molar refractivity (Wildman–Crippen MR) is 280 cm³/mol. The maximum Gasteiger partial charge on any atom is 0.306 e. The maximum absolute atomic E-state index is 12.8. The van der Waals surface area contributed by atoms with E-state index in [0.717, 1.165) is 63.7 Å². The summed E-state index contributed by atoms with van der Waals surface area (Å²) in [6.07, 6.45) is 58.1. The highest BCUT2D eigenvalue weighted by Crippen LogP contribution is 2.18. The zero-order valence-electron chi connectivity index (χ0n) is 44.5. The van der Waals surface area contributed by atoms with Crippen molar-refractivity contribution in [1.29, 1.82) is 0 Å². The summed E-state index contributed by atoms with van der Waals surface area (Å²) in [5.74, 6) is 0.0189. The number of unbranched alkanes of at least 4 members (excludes halogenated alkanes) is 41. The molecule has 0 aliphatic rings. The van der Waals surface area contributed by atoms with Crippen LogP contribution in [0.15, 0.2) is 0 Å². The second-order valence-corrected chi connectivity index (χ2v) is 20.8. The zero-order valence-corrected chi connectivity index (χ0v) is 44.5. The van der Waals surface area contributed by atoms with Crippen LogP contribution in [-0.2, 0) is 28.6 Å². The number of rotatable bonds is 54. The van der Waals surface area contributed by atoms with Crippen molar-refractivity contribution in [2.45, 2.75) is 342 Å². The molecule has 0 bridgehead atoms. The van der Waals surface area contributed by atoms with Crippen molar-refractivity contribution >= 4 is 17.9 Å². The Bertz CT molecular complexity index is 980. The van der Waals surface area contributed by atoms with Crippen LogP contribution in [-0.4, -0.2) is 37.2 Å². The lowest BCUT2D eigenvalue weighted by molar-refractivity contribution is -0.167. The molecule has 0 heterocycles. The summed E-state index contributed by atoms with van der Waals surface area (Å²) in [5.41, 5.74) is 0. The number of carbonyl (C=O) groups is 3. The highest BCUT2D eigenvalue weighted by Gasteiger charge is 2.19. The van der Waals surface area contributed by atoms with Gasteiger partial charge in [-0.05, 0) is 25.2 Å². The summed E-state index contributed by atoms with van der Waals surface area (Å²) in [5, 5.41) is 0. The molecule has 6 nitrogen and oxygen atoms in total. The van der Waals surface area contributed by atoms with E-state index in [1.807, 2.05) is 0 Å². The van der Waals surface area contributed by atoms with Crippen LogP contribution in [0, 0.1) is 5.92 Å². The molecule has 0 radical (unpaired) electrons. The van der Waals surface area contributed by atoms with Crippen molar-refractivity contribution in [3.63, 3.8) is 0 Å². The van der Waals surface area contributed by atoms with Crippen LogP contribution < -0.4 is 0 Å². The van der Waals surface area contributed by atoms with Crippen LogP contribution in [0.5, 0.6) is 0 Å². The van der Waals surface area contributed by atoms with E-state index < -0.39 is 6.10 Å². The first-order valence-corrected chi connectivity index (χ1v) is 29.4. The Morgan fingerprint density at radius 1 is 0.292 bits per heavy atom. The quantitative estimate of drug-likeness (QED) is 0.0344. The van der Waals surface area contributed by atoms with Gasteiger partial charge in [0.05, 0.1) is 0 Å². The minimum Gasteiger partial charge on any atom is -0.462 e. The molecule has 0 unspecified atom stereocenters. The predicted octanol–water partition coefficient (Wildman–Crippen LogP) is 19.4. The largest absolute Gasteiger partial charge is 0.462 e. The highest BCUT2D eigenvalue weighted by molar-refractivity contribution is 5.71. The Morgan fingerprint density at radius 3 is 0.754 bits per heavy atom. The topological polar surface area (TPSA) is 78.9 Å². The molecule has 386 valence electrons. The van der Waals surface area contributed by atoms with E-state index in [0.29, 0.717) is 19.3 Å². The molecule has 0 N–H and O–H groups in total. The standard InChI is InChI=1S/C59H114O6/c1-5-7-9-11-13-15-17-19-20-24-28-32-36-40-44-48-52-59(62)65-56(53-63-57(60)50-46-42-38-34-30-18-16-14-12-10-8-6-2)54-64-58(61)51-47-43-39-35-31-27-25-22-21-23-26-29-33-37-41-45-49-55(3)4/h55-56H,5-54H2,1-4H3/t56-/m0/s1. The van der Waals surface area contributed by atoms with Gasteiger partial charge in [-0.3, -0.25) is 14.4 Å². The molecule has 0 spiro atoms. The van der Waals surface area contributed by atoms with E-state index in [-0.39, 0.29) is 31.1 Å². The van der Waals surface area contributed by atoms with Gasteiger partial charge in [0.25, 0.3) is 0 Å². The fourth-order valence-corrected chi connectivity index (χ4v) is 9.10. The molecule has 0 rings (SSSR count). The normalized spacial score (nSPS) is 12.0. The minimum atomic E-state index is -0.761. The smallest absolute Gasteiger partial charge is 0.306 e. The molecular formula is C59H114O6. The monoisotopic (exact) mass is 919 g/mol. The summed E-state index contributed by atoms with van der Waals surface area (Å²) >= 11 is 0. The van der Waals surface area contributed by atoms with Gasteiger partial charge in [-0.25, -0.2) is 0 Å². The Balaban J connectivity index is 4.26. The third kappa shape index (κ3) is 53.2. The lowest BCUT2D eigenvalue weighted by Gasteiger charge is -2.18. The van der Waals surface area contributed by atoms with E-state index in [4.69, 9.17) is 14.2 Å². The second-order valence-electron chi connectivity index (χ2n) is 20.8. The molecule has 6 heteroatoms. The number of hydrogen-bond donors (Lipinski definition) is 0. The first-order chi connectivity index (χ1) is 31.9. The van der Waals surface area contributed by atoms with Gasteiger partial charge in [-0.2, -0.15) is 0 Å². The Labute approximate surface area is 406 Å². The van der Waals surface area contributed by atoms with Gasteiger partial charge < -0.3 is 14.2 Å². The molecular weight excluding hydrogens is 805 g/mol. The first kappa shape index (κ1) is 63.4. The van der Waals surface area contributed by atoms with Crippen molar-refractivity contribution in [1.82, 2.24) is 0 Å². The number of esters is 3. The molecule has 0 aromatic heterocycles. The van der Waals surface area contributed by atoms with E-state index in [2.05, 4.69) is 27.7 Å². The average Bonchev–Trinajstić information content (AvgIpc) is 3.29. The highest BCUT2D eigenvalue weighted by atomic mass is 16.6. The van der Waals surface area contributed by atoms with Gasteiger partial charge in [-0.1, -0.05) is 297 Å². The second kappa shape index (κ2) is 53.4. The number of hydrogen-bond acceptors (Lipinski definition) is 6. The van der Waals surface area contributed by atoms with Crippen molar-refractivity contribution in [2.75, 3.05) is 13.2 Å². The third-order valence-corrected chi connectivity index (χ3v) is 13.5. The summed E-state index contributed by atoms with van der Waals surface area (Å²) in [6, 6.07) is 0. The summed E-state index contributed by atoms with van der Waals surface area (Å²) in [4.78, 5) is 38.1. The fraction of sp³-hybridized carbons (Fsp3) is 0.949. The molecule has 0 aromatic rings. The first-order valence-electron chi connectivity index (χ1n) is 29.4. The Kier molecular flexibility index (Phi) is 52.1. The molecule has 1 atom stereocenters. The fourth-order valence-electron chi connectivity index (χ4n) is 9.10. The summed E-state index contributed by atoms with van der Waals surface area (Å²) < 4.78 is 16.9. The van der Waals surface area contributed by atoms with Gasteiger partial charge in [0, 0.05) is 19.3 Å². The van der Waals surface area contributed by atoms with Gasteiger partial charge >= 0.3 is 17.9 Å². The number of ether oxygens (including phenoxy) is 3. The van der Waals surface area contributed by atoms with Crippen molar-refractivity contribution in [2.24, 2.45) is 5.92 Å². The van der Waals surface area contributed by atoms with Crippen molar-refractivity contribution < 1.29 is 28.6 Å². The maximum atomic E-state index is 12.8. The summed E-state index contributed by atoms with van der Waals surface area (Å²) in [6.45, 7) is 9.07. The molecule has 0 fully saturated rings. The molecule has 0 aliphatic carbocycles. The van der Waals surface area contributed by atoms with E-state index in [1.54, 1.807) is 0 Å². The van der Waals surface area contributed by atoms with Crippen molar-refractivity contribution in [3.05, 3.63) is 0 Å². The van der Waals surface area contributed by atoms with Crippen LogP contribution in [0.25, 0.3) is 0 Å². The van der Waals surface area contributed by atoms with Crippen LogP contribution in [0.4, 0.5) is 0 Å². The summed E-state index contributed by atoms with van der Waals surface area (Å²) in [7, 11) is 0. The number of carbonyl (C=O) groups excluding carboxylic acids is 3. The third-order valence-electron chi connectivity index (χ3n) is 13.5. The van der Waals surface area contributed by atoms with Crippen LogP contribution in [0.2, 0.25) is 0 Å². The van der Waals surface area contributed by atoms with Gasteiger partial charge in [0.15, 0.2) is 6.10 Å². The van der Waals surface area contributed by atoms with Crippen LogP contribution in [0.1, 0.15) is 336 Å². The Hall–Kier alpha value is -1.59. The molecule has 0 saturated carbocycles. The van der Waals surface area contributed by atoms with Gasteiger partial charge in [0.2, 0.25) is 0 Å². The lowest BCUT2D eigenvalue weighted by atomic mass is 10.0. The van der Waals surface area contributed by atoms with E-state index >= 15 is 0 Å². The molecule has 0 aromatic carbocycles. The van der Waals surface area contributed by atoms with E-state index in [9.17, 15) is 14.4 Å². The van der Waals surface area contributed by atoms with Gasteiger partial charge in [-0.15, -0.1) is 0 Å². The average molecular weight is 920 g/mol.